The number of benzene rings is 1. The fraction of sp³-hybridized carbons (Fsp3) is 0.462. The van der Waals surface area contributed by atoms with Gasteiger partial charge in [0.15, 0.2) is 0 Å². The van der Waals surface area contributed by atoms with E-state index in [9.17, 15) is 4.79 Å². The van der Waals surface area contributed by atoms with Gasteiger partial charge in [0.2, 0.25) is 5.91 Å². The summed E-state index contributed by atoms with van der Waals surface area (Å²) in [6.45, 7) is 4.74. The summed E-state index contributed by atoms with van der Waals surface area (Å²) in [5, 5.41) is 3.29. The minimum atomic E-state index is 0.213. The Morgan fingerprint density at radius 2 is 2.06 bits per heavy atom. The molecule has 1 aromatic carbocycles. The zero-order valence-corrected chi connectivity index (χ0v) is 9.65. The SMILES string of the molecule is CC1CNCCC(=O)N(c2ccccc2)C1. The molecule has 0 radical (unpaired) electrons. The third-order valence-corrected chi connectivity index (χ3v) is 2.87. The smallest absolute Gasteiger partial charge is 0.228 e. The largest absolute Gasteiger partial charge is 0.316 e. The summed E-state index contributed by atoms with van der Waals surface area (Å²) in [5.41, 5.74) is 1.02. The first kappa shape index (κ1) is 11.1. The van der Waals surface area contributed by atoms with Crippen molar-refractivity contribution >= 4 is 11.6 Å². The van der Waals surface area contributed by atoms with Gasteiger partial charge in [-0.25, -0.2) is 0 Å². The summed E-state index contributed by atoms with van der Waals surface area (Å²) < 4.78 is 0. The van der Waals surface area contributed by atoms with E-state index in [0.29, 0.717) is 12.3 Å². The van der Waals surface area contributed by atoms with Crippen LogP contribution in [0.3, 0.4) is 0 Å². The molecule has 1 fully saturated rings. The molecule has 1 heterocycles. The lowest BCUT2D eigenvalue weighted by molar-refractivity contribution is -0.118. The standard InChI is InChI=1S/C13H18N2O/c1-11-9-14-8-7-13(16)15(10-11)12-5-3-2-4-6-12/h2-6,11,14H,7-10H2,1H3. The van der Waals surface area contributed by atoms with Crippen molar-refractivity contribution in [1.29, 1.82) is 0 Å². The second kappa shape index (κ2) is 5.12. The van der Waals surface area contributed by atoms with E-state index in [0.717, 1.165) is 25.3 Å². The third-order valence-electron chi connectivity index (χ3n) is 2.87. The predicted octanol–water partition coefficient (Wildman–Crippen LogP) is 1.65. The van der Waals surface area contributed by atoms with Crippen LogP contribution in [0.2, 0.25) is 0 Å². The van der Waals surface area contributed by atoms with E-state index in [1.54, 1.807) is 0 Å². The van der Waals surface area contributed by atoms with E-state index < -0.39 is 0 Å². The van der Waals surface area contributed by atoms with E-state index in [4.69, 9.17) is 0 Å². The van der Waals surface area contributed by atoms with Crippen molar-refractivity contribution < 1.29 is 4.79 Å². The van der Waals surface area contributed by atoms with Gasteiger partial charge in [-0.15, -0.1) is 0 Å². The quantitative estimate of drug-likeness (QED) is 0.777. The second-order valence-electron chi connectivity index (χ2n) is 4.40. The maximum absolute atomic E-state index is 12.0. The highest BCUT2D eigenvalue weighted by Crippen LogP contribution is 2.17. The molecule has 1 atom stereocenters. The average Bonchev–Trinajstić information content (AvgIpc) is 2.30. The summed E-state index contributed by atoms with van der Waals surface area (Å²) >= 11 is 0. The molecule has 0 aliphatic carbocycles. The molecule has 1 N–H and O–H groups in total. The summed E-state index contributed by atoms with van der Waals surface area (Å²) in [7, 11) is 0. The van der Waals surface area contributed by atoms with Crippen LogP contribution in [0.1, 0.15) is 13.3 Å². The molecular weight excluding hydrogens is 200 g/mol. The van der Waals surface area contributed by atoms with Crippen LogP contribution in [0.4, 0.5) is 5.69 Å². The average molecular weight is 218 g/mol. The highest BCUT2D eigenvalue weighted by Gasteiger charge is 2.20. The van der Waals surface area contributed by atoms with Crippen molar-refractivity contribution in [3.05, 3.63) is 30.3 Å². The van der Waals surface area contributed by atoms with E-state index >= 15 is 0 Å². The first-order valence-corrected chi connectivity index (χ1v) is 5.83. The molecule has 0 bridgehead atoms. The number of hydrogen-bond acceptors (Lipinski definition) is 2. The number of carbonyl (C=O) groups excluding carboxylic acids is 1. The molecule has 0 saturated carbocycles. The maximum atomic E-state index is 12.0. The molecule has 1 aromatic rings. The first-order valence-electron chi connectivity index (χ1n) is 5.83. The van der Waals surface area contributed by atoms with Crippen LogP contribution in [0.15, 0.2) is 30.3 Å². The van der Waals surface area contributed by atoms with Gasteiger partial charge in [0.25, 0.3) is 0 Å². The summed E-state index contributed by atoms with van der Waals surface area (Å²) in [4.78, 5) is 13.9. The number of para-hydroxylation sites is 1. The second-order valence-corrected chi connectivity index (χ2v) is 4.40. The van der Waals surface area contributed by atoms with Crippen molar-refractivity contribution in [2.75, 3.05) is 24.5 Å². The van der Waals surface area contributed by atoms with Crippen LogP contribution in [0.5, 0.6) is 0 Å². The lowest BCUT2D eigenvalue weighted by atomic mass is 10.1. The fourth-order valence-corrected chi connectivity index (χ4v) is 2.01. The molecule has 1 aliphatic rings. The Balaban J connectivity index is 2.18. The van der Waals surface area contributed by atoms with Gasteiger partial charge in [-0.3, -0.25) is 4.79 Å². The monoisotopic (exact) mass is 218 g/mol. The number of anilines is 1. The Labute approximate surface area is 96.5 Å². The van der Waals surface area contributed by atoms with Crippen LogP contribution >= 0.6 is 0 Å². The molecule has 16 heavy (non-hydrogen) atoms. The zero-order chi connectivity index (χ0) is 11.4. The van der Waals surface area contributed by atoms with Crippen molar-refractivity contribution in [2.24, 2.45) is 5.92 Å². The normalized spacial score (nSPS) is 22.7. The molecule has 3 nitrogen and oxygen atoms in total. The van der Waals surface area contributed by atoms with Crippen molar-refractivity contribution in [1.82, 2.24) is 5.32 Å². The van der Waals surface area contributed by atoms with Crippen molar-refractivity contribution in [3.63, 3.8) is 0 Å². The zero-order valence-electron chi connectivity index (χ0n) is 9.65. The summed E-state index contributed by atoms with van der Waals surface area (Å²) in [6, 6.07) is 9.93. The van der Waals surface area contributed by atoms with E-state index in [-0.39, 0.29) is 5.91 Å². The molecule has 86 valence electrons. The van der Waals surface area contributed by atoms with Gasteiger partial charge in [0.1, 0.15) is 0 Å². The van der Waals surface area contributed by atoms with Crippen LogP contribution in [0.25, 0.3) is 0 Å². The topological polar surface area (TPSA) is 32.3 Å². The van der Waals surface area contributed by atoms with E-state index in [1.807, 2.05) is 35.2 Å². The molecule has 3 heteroatoms. The molecule has 0 spiro atoms. The minimum absolute atomic E-state index is 0.213. The van der Waals surface area contributed by atoms with Gasteiger partial charge >= 0.3 is 0 Å². The number of nitrogens with one attached hydrogen (secondary N) is 1. The highest BCUT2D eigenvalue weighted by molar-refractivity contribution is 5.93. The number of hydrogen-bond donors (Lipinski definition) is 1. The molecule has 1 saturated heterocycles. The predicted molar refractivity (Wildman–Crippen MR) is 65.4 cm³/mol. The van der Waals surface area contributed by atoms with Gasteiger partial charge in [0.05, 0.1) is 0 Å². The van der Waals surface area contributed by atoms with Crippen molar-refractivity contribution in [3.8, 4) is 0 Å². The molecule has 0 aromatic heterocycles. The molecule has 1 aliphatic heterocycles. The van der Waals surface area contributed by atoms with Gasteiger partial charge in [-0.2, -0.15) is 0 Å². The third kappa shape index (κ3) is 2.61. The Hall–Kier alpha value is -1.35. The number of amides is 1. The van der Waals surface area contributed by atoms with Gasteiger partial charge < -0.3 is 10.2 Å². The van der Waals surface area contributed by atoms with Gasteiger partial charge in [-0.05, 0) is 24.6 Å². The minimum Gasteiger partial charge on any atom is -0.316 e. The van der Waals surface area contributed by atoms with Crippen molar-refractivity contribution in [2.45, 2.75) is 13.3 Å². The van der Waals surface area contributed by atoms with Gasteiger partial charge in [-0.1, -0.05) is 25.1 Å². The van der Waals surface area contributed by atoms with E-state index in [1.165, 1.54) is 0 Å². The molecule has 1 amide bonds. The molecule has 1 unspecified atom stereocenters. The molecule has 2 rings (SSSR count). The Bertz CT molecular complexity index is 350. The van der Waals surface area contributed by atoms with Crippen LogP contribution in [0, 0.1) is 5.92 Å². The Morgan fingerprint density at radius 3 is 2.81 bits per heavy atom. The van der Waals surface area contributed by atoms with Crippen LogP contribution in [-0.4, -0.2) is 25.5 Å². The first-order chi connectivity index (χ1) is 7.77. The lowest BCUT2D eigenvalue weighted by Crippen LogP contribution is -2.42. The number of rotatable bonds is 1. The number of carbonyl (C=O) groups is 1. The highest BCUT2D eigenvalue weighted by atomic mass is 16.2. The number of nitrogens with zero attached hydrogens (tertiary/aromatic N) is 1. The van der Waals surface area contributed by atoms with Gasteiger partial charge in [0, 0.05) is 25.2 Å². The van der Waals surface area contributed by atoms with Crippen LogP contribution in [-0.2, 0) is 4.79 Å². The maximum Gasteiger partial charge on any atom is 0.228 e. The Morgan fingerprint density at radius 1 is 1.31 bits per heavy atom. The fourth-order valence-electron chi connectivity index (χ4n) is 2.01. The van der Waals surface area contributed by atoms with E-state index in [2.05, 4.69) is 12.2 Å². The van der Waals surface area contributed by atoms with Crippen LogP contribution < -0.4 is 10.2 Å². The summed E-state index contributed by atoms with van der Waals surface area (Å²) in [5.74, 6) is 0.703. The molecular formula is C13H18N2O. The Kier molecular flexibility index (Phi) is 3.57. The lowest BCUT2D eigenvalue weighted by Gasteiger charge is -2.28. The summed E-state index contributed by atoms with van der Waals surface area (Å²) in [6.07, 6.45) is 0.585.